The van der Waals surface area contributed by atoms with E-state index in [4.69, 9.17) is 15.0 Å². The standard InChI is InChI=1S/C21H19F3IN5O4/c22-13-3-2-12(19(18(13)24)27-15-4-1-11(25)7-14(15)23)20(31)30-9-21(32,10-30)16(28-29-26)8-17-33-5-6-34-17/h1-4,7,16-17,27,32H,5-6,8-10H2. The third-order valence-corrected chi connectivity index (χ3v) is 6.32. The fourth-order valence-corrected chi connectivity index (χ4v) is 4.33. The quantitative estimate of drug-likeness (QED) is 0.218. The number of ether oxygens (including phenoxy) is 2. The number of halogens is 4. The largest absolute Gasteiger partial charge is 0.386 e. The van der Waals surface area contributed by atoms with Crippen LogP contribution >= 0.6 is 22.6 Å². The molecule has 9 nitrogen and oxygen atoms in total. The minimum absolute atomic E-state index is 0.0899. The summed E-state index contributed by atoms with van der Waals surface area (Å²) in [6, 6.07) is 5.04. The second-order valence-electron chi connectivity index (χ2n) is 7.93. The van der Waals surface area contributed by atoms with E-state index in [9.17, 15) is 23.1 Å². The Hall–Kier alpha value is -2.58. The number of aliphatic hydroxyl groups is 1. The SMILES string of the molecule is [N-]=[N+]=NC(CC1OCCO1)C1(O)CN(C(=O)c2ccc(F)c(F)c2Nc2ccc(I)cc2F)C1. The van der Waals surface area contributed by atoms with Crippen LogP contribution in [0.2, 0.25) is 0 Å². The van der Waals surface area contributed by atoms with Crippen LogP contribution in [0.5, 0.6) is 0 Å². The number of carbonyl (C=O) groups is 1. The van der Waals surface area contributed by atoms with Crippen LogP contribution in [-0.4, -0.2) is 60.1 Å². The van der Waals surface area contributed by atoms with Crippen LogP contribution in [-0.2, 0) is 9.47 Å². The van der Waals surface area contributed by atoms with Gasteiger partial charge in [0.1, 0.15) is 11.4 Å². The third kappa shape index (κ3) is 4.93. The highest BCUT2D eigenvalue weighted by molar-refractivity contribution is 14.1. The summed E-state index contributed by atoms with van der Waals surface area (Å²) < 4.78 is 54.2. The van der Waals surface area contributed by atoms with Crippen LogP contribution in [0.3, 0.4) is 0 Å². The number of hydrogen-bond acceptors (Lipinski definition) is 6. The Morgan fingerprint density at radius 2 is 1.97 bits per heavy atom. The lowest BCUT2D eigenvalue weighted by Gasteiger charge is -2.49. The zero-order valence-electron chi connectivity index (χ0n) is 17.5. The van der Waals surface area contributed by atoms with Gasteiger partial charge in [-0.2, -0.15) is 0 Å². The normalized spacial score (nSPS) is 18.2. The minimum atomic E-state index is -1.55. The molecule has 0 aliphatic carbocycles. The van der Waals surface area contributed by atoms with E-state index < -0.39 is 47.0 Å². The van der Waals surface area contributed by atoms with Gasteiger partial charge in [0.2, 0.25) is 0 Å². The second kappa shape index (κ2) is 9.96. The highest BCUT2D eigenvalue weighted by Gasteiger charge is 2.50. The summed E-state index contributed by atoms with van der Waals surface area (Å²) in [5.41, 5.74) is 6.42. The van der Waals surface area contributed by atoms with Gasteiger partial charge in [0, 0.05) is 14.9 Å². The number of anilines is 2. The number of nitrogens with zero attached hydrogens (tertiary/aromatic N) is 4. The van der Waals surface area contributed by atoms with Gasteiger partial charge >= 0.3 is 0 Å². The predicted molar refractivity (Wildman–Crippen MR) is 123 cm³/mol. The van der Waals surface area contributed by atoms with E-state index in [-0.39, 0.29) is 30.8 Å². The first kappa shape index (κ1) is 24.5. The van der Waals surface area contributed by atoms with Gasteiger partial charge in [0.25, 0.3) is 5.91 Å². The Kier molecular flexibility index (Phi) is 7.19. The number of hydrogen-bond donors (Lipinski definition) is 2. The maximum Gasteiger partial charge on any atom is 0.256 e. The van der Waals surface area contributed by atoms with Crippen molar-refractivity contribution in [2.24, 2.45) is 5.11 Å². The molecule has 34 heavy (non-hydrogen) atoms. The van der Waals surface area contributed by atoms with Gasteiger partial charge in [0.05, 0.1) is 49.3 Å². The highest BCUT2D eigenvalue weighted by Crippen LogP contribution is 2.35. The summed E-state index contributed by atoms with van der Waals surface area (Å²) >= 11 is 1.90. The number of carbonyl (C=O) groups excluding carboxylic acids is 1. The van der Waals surface area contributed by atoms with Crippen molar-refractivity contribution in [2.45, 2.75) is 24.4 Å². The Balaban J connectivity index is 1.54. The summed E-state index contributed by atoms with van der Waals surface area (Å²) in [6.45, 7) is 0.310. The van der Waals surface area contributed by atoms with Crippen LogP contribution < -0.4 is 5.32 Å². The second-order valence-corrected chi connectivity index (χ2v) is 9.17. The molecule has 2 aromatic rings. The molecule has 2 aliphatic rings. The molecule has 1 unspecified atom stereocenters. The van der Waals surface area contributed by atoms with Gasteiger partial charge in [-0.15, -0.1) is 0 Å². The first-order chi connectivity index (χ1) is 16.2. The van der Waals surface area contributed by atoms with Crippen molar-refractivity contribution in [2.75, 3.05) is 31.6 Å². The third-order valence-electron chi connectivity index (χ3n) is 5.65. The molecule has 1 atom stereocenters. The molecule has 13 heteroatoms. The Morgan fingerprint density at radius 1 is 1.26 bits per heavy atom. The minimum Gasteiger partial charge on any atom is -0.386 e. The van der Waals surface area contributed by atoms with Gasteiger partial charge in [-0.05, 0) is 58.5 Å². The molecule has 0 radical (unpaired) electrons. The van der Waals surface area contributed by atoms with Crippen molar-refractivity contribution in [1.29, 1.82) is 0 Å². The number of β-amino-alcohol motifs (C(OH)–C–C–N with tert-alkyl or cyclic N) is 1. The van der Waals surface area contributed by atoms with Crippen LogP contribution in [0.1, 0.15) is 16.8 Å². The molecule has 2 fully saturated rings. The molecule has 2 aromatic carbocycles. The molecular formula is C21H19F3IN5O4. The predicted octanol–water partition coefficient (Wildman–Crippen LogP) is 4.08. The van der Waals surface area contributed by atoms with E-state index >= 15 is 0 Å². The Bertz CT molecular complexity index is 1150. The number of likely N-dealkylation sites (tertiary alicyclic amines) is 1. The van der Waals surface area contributed by atoms with Gasteiger partial charge < -0.3 is 24.8 Å². The summed E-state index contributed by atoms with van der Waals surface area (Å²) in [7, 11) is 0. The van der Waals surface area contributed by atoms with Crippen LogP contribution in [0.15, 0.2) is 35.4 Å². The smallest absolute Gasteiger partial charge is 0.256 e. The molecule has 2 N–H and O–H groups in total. The first-order valence-electron chi connectivity index (χ1n) is 10.2. The fraction of sp³-hybridized carbons (Fsp3) is 0.381. The molecule has 0 bridgehead atoms. The molecule has 2 saturated heterocycles. The lowest BCUT2D eigenvalue weighted by molar-refractivity contribution is -0.122. The monoisotopic (exact) mass is 589 g/mol. The van der Waals surface area contributed by atoms with Crippen molar-refractivity contribution in [3.63, 3.8) is 0 Å². The molecular weight excluding hydrogens is 570 g/mol. The highest BCUT2D eigenvalue weighted by atomic mass is 127. The van der Waals surface area contributed by atoms with E-state index in [0.717, 1.165) is 12.1 Å². The van der Waals surface area contributed by atoms with Crippen molar-refractivity contribution in [3.05, 3.63) is 67.4 Å². The van der Waals surface area contributed by atoms with E-state index in [0.29, 0.717) is 16.8 Å². The molecule has 0 aromatic heterocycles. The lowest BCUT2D eigenvalue weighted by atomic mass is 9.84. The average molecular weight is 589 g/mol. The van der Waals surface area contributed by atoms with Gasteiger partial charge in [-0.3, -0.25) is 4.79 Å². The molecule has 2 aliphatic heterocycles. The Morgan fingerprint density at radius 3 is 2.62 bits per heavy atom. The number of nitrogens with one attached hydrogen (secondary N) is 1. The average Bonchev–Trinajstić information content (AvgIpc) is 3.29. The number of amides is 1. The number of azide groups is 1. The summed E-state index contributed by atoms with van der Waals surface area (Å²) in [5, 5.41) is 17.0. The number of rotatable bonds is 7. The van der Waals surface area contributed by atoms with Crippen LogP contribution in [0.4, 0.5) is 24.5 Å². The fourth-order valence-electron chi connectivity index (χ4n) is 3.88. The topological polar surface area (TPSA) is 120 Å². The molecule has 2 heterocycles. The summed E-state index contributed by atoms with van der Waals surface area (Å²) in [6.07, 6.45) is -0.553. The number of benzene rings is 2. The molecule has 0 spiro atoms. The summed E-state index contributed by atoms with van der Waals surface area (Å²) in [5.74, 6) is -3.99. The van der Waals surface area contributed by atoms with Crippen molar-refractivity contribution in [1.82, 2.24) is 4.90 Å². The van der Waals surface area contributed by atoms with E-state index in [1.54, 1.807) is 6.07 Å². The zero-order valence-corrected chi connectivity index (χ0v) is 19.7. The van der Waals surface area contributed by atoms with Crippen molar-refractivity contribution in [3.8, 4) is 0 Å². The van der Waals surface area contributed by atoms with Gasteiger partial charge in [-0.25, -0.2) is 13.2 Å². The van der Waals surface area contributed by atoms with Crippen molar-refractivity contribution < 1.29 is 32.5 Å². The molecule has 1 amide bonds. The van der Waals surface area contributed by atoms with Crippen LogP contribution in [0, 0.1) is 21.0 Å². The zero-order chi connectivity index (χ0) is 24.5. The maximum absolute atomic E-state index is 14.6. The molecule has 4 rings (SSSR count). The van der Waals surface area contributed by atoms with Crippen LogP contribution in [0.25, 0.3) is 10.4 Å². The van der Waals surface area contributed by atoms with Gasteiger partial charge in [0.15, 0.2) is 17.9 Å². The molecule has 0 saturated carbocycles. The van der Waals surface area contributed by atoms with E-state index in [1.807, 2.05) is 22.6 Å². The first-order valence-corrected chi connectivity index (χ1v) is 11.3. The Labute approximate surface area is 205 Å². The maximum atomic E-state index is 14.6. The van der Waals surface area contributed by atoms with E-state index in [2.05, 4.69) is 15.3 Å². The van der Waals surface area contributed by atoms with Crippen molar-refractivity contribution >= 4 is 39.9 Å². The molecule has 180 valence electrons. The van der Waals surface area contributed by atoms with E-state index in [1.165, 1.54) is 17.0 Å². The lowest BCUT2D eigenvalue weighted by Crippen LogP contribution is -2.68. The van der Waals surface area contributed by atoms with Gasteiger partial charge in [-0.1, -0.05) is 5.11 Å². The summed E-state index contributed by atoms with van der Waals surface area (Å²) in [4.78, 5) is 17.0.